The first kappa shape index (κ1) is 14.7. The van der Waals surface area contributed by atoms with Gasteiger partial charge in [-0.05, 0) is 70.2 Å². The lowest BCUT2D eigenvalue weighted by molar-refractivity contribution is 0.317. The molecule has 0 heterocycles. The van der Waals surface area contributed by atoms with Crippen molar-refractivity contribution in [1.29, 1.82) is 0 Å². The van der Waals surface area contributed by atoms with E-state index in [0.29, 0.717) is 0 Å². The lowest BCUT2D eigenvalue weighted by Gasteiger charge is -2.18. The Hall–Kier alpha value is -0.380. The summed E-state index contributed by atoms with van der Waals surface area (Å²) in [5, 5.41) is 3.18. The van der Waals surface area contributed by atoms with Gasteiger partial charge in [0.15, 0.2) is 0 Å². The molecular formula is C14H23BrN2. The maximum Gasteiger partial charge on any atom is 0.0233 e. The molecule has 2 nitrogen and oxygen atoms in total. The smallest absolute Gasteiger partial charge is 0.0233 e. The predicted octanol–water partition coefficient (Wildman–Crippen LogP) is 3.19. The fourth-order valence-electron chi connectivity index (χ4n) is 1.86. The molecule has 17 heavy (non-hydrogen) atoms. The van der Waals surface area contributed by atoms with E-state index >= 15 is 0 Å². The monoisotopic (exact) mass is 298 g/mol. The van der Waals surface area contributed by atoms with Crippen LogP contribution in [-0.4, -0.2) is 32.1 Å². The summed E-state index contributed by atoms with van der Waals surface area (Å²) in [6.07, 6.45) is 2.50. The summed E-state index contributed by atoms with van der Waals surface area (Å²) >= 11 is 3.53. The first-order valence-electron chi connectivity index (χ1n) is 6.21. The van der Waals surface area contributed by atoms with Crippen molar-refractivity contribution < 1.29 is 0 Å². The SMILES string of the molecule is CNCCCCN(C)Cc1cc(Br)ccc1C. The Labute approximate surface area is 114 Å². The molecular weight excluding hydrogens is 276 g/mol. The average molecular weight is 299 g/mol. The average Bonchev–Trinajstić information content (AvgIpc) is 2.29. The van der Waals surface area contributed by atoms with Gasteiger partial charge in [0, 0.05) is 11.0 Å². The molecule has 0 unspecified atom stereocenters. The minimum absolute atomic E-state index is 1.03. The number of rotatable bonds is 7. The van der Waals surface area contributed by atoms with Gasteiger partial charge in [-0.2, -0.15) is 0 Å². The van der Waals surface area contributed by atoms with Crippen LogP contribution in [-0.2, 0) is 6.54 Å². The van der Waals surface area contributed by atoms with Crippen LogP contribution in [0, 0.1) is 6.92 Å². The second-order valence-electron chi connectivity index (χ2n) is 4.62. The molecule has 0 bridgehead atoms. The Kier molecular flexibility index (Phi) is 6.78. The Morgan fingerprint density at radius 1 is 1.29 bits per heavy atom. The number of nitrogens with one attached hydrogen (secondary N) is 1. The molecule has 0 aliphatic carbocycles. The van der Waals surface area contributed by atoms with Crippen molar-refractivity contribution in [3.8, 4) is 0 Å². The van der Waals surface area contributed by atoms with Crippen LogP contribution in [0.1, 0.15) is 24.0 Å². The highest BCUT2D eigenvalue weighted by Gasteiger charge is 2.03. The van der Waals surface area contributed by atoms with Crippen molar-refractivity contribution >= 4 is 15.9 Å². The van der Waals surface area contributed by atoms with E-state index in [9.17, 15) is 0 Å². The first-order chi connectivity index (χ1) is 8.13. The number of aryl methyl sites for hydroxylation is 1. The van der Waals surface area contributed by atoms with E-state index in [2.05, 4.69) is 58.3 Å². The fraction of sp³-hybridized carbons (Fsp3) is 0.571. The first-order valence-corrected chi connectivity index (χ1v) is 7.01. The quantitative estimate of drug-likeness (QED) is 0.778. The van der Waals surface area contributed by atoms with Crippen LogP contribution in [0.5, 0.6) is 0 Å². The zero-order valence-electron chi connectivity index (χ0n) is 11.1. The number of unbranched alkanes of at least 4 members (excludes halogenated alkanes) is 1. The molecule has 1 aromatic rings. The minimum atomic E-state index is 1.03. The van der Waals surface area contributed by atoms with Crippen molar-refractivity contribution in [3.05, 3.63) is 33.8 Å². The van der Waals surface area contributed by atoms with Crippen molar-refractivity contribution in [2.45, 2.75) is 26.3 Å². The molecule has 3 heteroatoms. The van der Waals surface area contributed by atoms with Crippen molar-refractivity contribution in [3.63, 3.8) is 0 Å². The van der Waals surface area contributed by atoms with E-state index in [-0.39, 0.29) is 0 Å². The second kappa shape index (κ2) is 7.85. The van der Waals surface area contributed by atoms with Gasteiger partial charge >= 0.3 is 0 Å². The zero-order chi connectivity index (χ0) is 12.7. The molecule has 0 radical (unpaired) electrons. The van der Waals surface area contributed by atoms with Crippen molar-refractivity contribution in [2.75, 3.05) is 27.2 Å². The van der Waals surface area contributed by atoms with Gasteiger partial charge in [-0.3, -0.25) is 0 Å². The Morgan fingerprint density at radius 3 is 2.76 bits per heavy atom. The van der Waals surface area contributed by atoms with Gasteiger partial charge in [-0.1, -0.05) is 22.0 Å². The highest BCUT2D eigenvalue weighted by atomic mass is 79.9. The van der Waals surface area contributed by atoms with E-state index in [0.717, 1.165) is 19.6 Å². The molecule has 0 saturated carbocycles. The number of hydrogen-bond donors (Lipinski definition) is 1. The van der Waals surface area contributed by atoms with Gasteiger partial charge in [0.05, 0.1) is 0 Å². The summed E-state index contributed by atoms with van der Waals surface area (Å²) in [5.41, 5.74) is 2.78. The molecule has 1 aromatic carbocycles. The third kappa shape index (κ3) is 5.66. The fourth-order valence-corrected chi connectivity index (χ4v) is 2.27. The van der Waals surface area contributed by atoms with Crippen LogP contribution < -0.4 is 5.32 Å². The van der Waals surface area contributed by atoms with E-state index in [1.807, 2.05) is 7.05 Å². The van der Waals surface area contributed by atoms with Crippen LogP contribution in [0.3, 0.4) is 0 Å². The lowest BCUT2D eigenvalue weighted by atomic mass is 10.1. The molecule has 0 fully saturated rings. The van der Waals surface area contributed by atoms with E-state index < -0.39 is 0 Å². The molecule has 0 spiro atoms. The third-order valence-electron chi connectivity index (χ3n) is 2.97. The Balaban J connectivity index is 2.39. The molecule has 1 rings (SSSR count). The summed E-state index contributed by atoms with van der Waals surface area (Å²) < 4.78 is 1.17. The predicted molar refractivity (Wildman–Crippen MR) is 78.4 cm³/mol. The van der Waals surface area contributed by atoms with E-state index in [1.54, 1.807) is 0 Å². The maximum absolute atomic E-state index is 3.53. The normalized spacial score (nSPS) is 11.1. The van der Waals surface area contributed by atoms with Gasteiger partial charge in [-0.25, -0.2) is 0 Å². The van der Waals surface area contributed by atoms with E-state index in [1.165, 1.54) is 28.4 Å². The summed E-state index contributed by atoms with van der Waals surface area (Å²) in [5.74, 6) is 0. The maximum atomic E-state index is 3.53. The third-order valence-corrected chi connectivity index (χ3v) is 3.46. The number of halogens is 1. The number of nitrogens with zero attached hydrogens (tertiary/aromatic N) is 1. The van der Waals surface area contributed by atoms with Gasteiger partial charge in [-0.15, -0.1) is 0 Å². The Bertz CT molecular complexity index is 339. The van der Waals surface area contributed by atoms with Gasteiger partial charge in [0.25, 0.3) is 0 Å². The molecule has 0 saturated heterocycles. The molecule has 1 N–H and O–H groups in total. The van der Waals surface area contributed by atoms with Gasteiger partial charge in [0.2, 0.25) is 0 Å². The summed E-state index contributed by atoms with van der Waals surface area (Å²) in [6, 6.07) is 6.50. The van der Waals surface area contributed by atoms with Crippen LogP contribution in [0.25, 0.3) is 0 Å². The highest BCUT2D eigenvalue weighted by Crippen LogP contribution is 2.17. The number of hydrogen-bond acceptors (Lipinski definition) is 2. The molecule has 0 amide bonds. The molecule has 96 valence electrons. The Morgan fingerprint density at radius 2 is 2.06 bits per heavy atom. The second-order valence-corrected chi connectivity index (χ2v) is 5.53. The molecule has 0 atom stereocenters. The van der Waals surface area contributed by atoms with Crippen molar-refractivity contribution in [1.82, 2.24) is 10.2 Å². The summed E-state index contributed by atoms with van der Waals surface area (Å²) in [7, 11) is 4.20. The summed E-state index contributed by atoms with van der Waals surface area (Å²) in [4.78, 5) is 2.39. The van der Waals surface area contributed by atoms with Crippen molar-refractivity contribution in [2.24, 2.45) is 0 Å². The van der Waals surface area contributed by atoms with Gasteiger partial charge in [0.1, 0.15) is 0 Å². The standard InChI is InChI=1S/C14H23BrN2/c1-12-6-7-14(15)10-13(12)11-17(3)9-5-4-8-16-2/h6-7,10,16H,4-5,8-9,11H2,1-3H3. The largest absolute Gasteiger partial charge is 0.320 e. The minimum Gasteiger partial charge on any atom is -0.320 e. The molecule has 0 aliphatic heterocycles. The highest BCUT2D eigenvalue weighted by molar-refractivity contribution is 9.10. The van der Waals surface area contributed by atoms with Crippen LogP contribution >= 0.6 is 15.9 Å². The van der Waals surface area contributed by atoms with Crippen LogP contribution in [0.4, 0.5) is 0 Å². The van der Waals surface area contributed by atoms with Crippen LogP contribution in [0.15, 0.2) is 22.7 Å². The van der Waals surface area contributed by atoms with Gasteiger partial charge < -0.3 is 10.2 Å². The number of benzene rings is 1. The van der Waals surface area contributed by atoms with Crippen LogP contribution in [0.2, 0.25) is 0 Å². The molecule has 0 aliphatic rings. The summed E-state index contributed by atoms with van der Waals surface area (Å²) in [6.45, 7) is 5.48. The zero-order valence-corrected chi connectivity index (χ0v) is 12.7. The molecule has 0 aromatic heterocycles. The van der Waals surface area contributed by atoms with E-state index in [4.69, 9.17) is 0 Å². The topological polar surface area (TPSA) is 15.3 Å². The lowest BCUT2D eigenvalue weighted by Crippen LogP contribution is -2.20.